The Morgan fingerprint density at radius 1 is 1.47 bits per heavy atom. The number of rotatable bonds is 5. The van der Waals surface area contributed by atoms with Crippen LogP contribution in [0.4, 0.5) is 0 Å². The van der Waals surface area contributed by atoms with E-state index in [0.29, 0.717) is 12.6 Å². The van der Waals surface area contributed by atoms with Crippen LogP contribution in [0.3, 0.4) is 0 Å². The van der Waals surface area contributed by atoms with E-state index in [1.54, 1.807) is 7.11 Å². The van der Waals surface area contributed by atoms with Gasteiger partial charge in [0.15, 0.2) is 0 Å². The van der Waals surface area contributed by atoms with Gasteiger partial charge >= 0.3 is 0 Å². The summed E-state index contributed by atoms with van der Waals surface area (Å²) in [6, 6.07) is 4.11. The first-order valence-electron chi connectivity index (χ1n) is 7.03. The first-order chi connectivity index (χ1) is 9.20. The maximum absolute atomic E-state index is 6.08. The third-order valence-electron chi connectivity index (χ3n) is 4.53. The number of aromatic nitrogens is 1. The molecule has 0 spiro atoms. The van der Waals surface area contributed by atoms with Crippen molar-refractivity contribution >= 4 is 0 Å². The molecule has 0 amide bonds. The van der Waals surface area contributed by atoms with Gasteiger partial charge in [-0.3, -0.25) is 9.88 Å². The summed E-state index contributed by atoms with van der Waals surface area (Å²) in [4.78, 5) is 6.58. The fraction of sp³-hybridized carbons (Fsp3) is 0.667. The standard InChI is InChI=1S/C15H25N3O/c1-18(11-13-4-3-9-17-10-13)15(12-16)7-5-14(19-2)6-8-15/h3-4,9-10,14H,5-8,11-12,16H2,1-2H3. The van der Waals surface area contributed by atoms with Crippen LogP contribution in [-0.4, -0.2) is 42.2 Å². The van der Waals surface area contributed by atoms with Gasteiger partial charge < -0.3 is 10.5 Å². The molecule has 1 saturated carbocycles. The van der Waals surface area contributed by atoms with Crippen molar-refractivity contribution < 1.29 is 4.74 Å². The van der Waals surface area contributed by atoms with Gasteiger partial charge in [-0.05, 0) is 44.4 Å². The molecular weight excluding hydrogens is 238 g/mol. The molecule has 2 rings (SSSR count). The molecule has 1 fully saturated rings. The largest absolute Gasteiger partial charge is 0.381 e. The average molecular weight is 263 g/mol. The Hall–Kier alpha value is -0.970. The first kappa shape index (κ1) is 14.4. The number of nitrogens with two attached hydrogens (primary N) is 1. The molecule has 0 aliphatic heterocycles. The van der Waals surface area contributed by atoms with Crippen molar-refractivity contribution in [1.29, 1.82) is 0 Å². The maximum atomic E-state index is 6.08. The molecule has 0 unspecified atom stereocenters. The second kappa shape index (κ2) is 6.46. The van der Waals surface area contributed by atoms with Gasteiger partial charge in [0.05, 0.1) is 6.10 Å². The highest BCUT2D eigenvalue weighted by Gasteiger charge is 2.37. The molecule has 19 heavy (non-hydrogen) atoms. The molecule has 0 saturated heterocycles. The van der Waals surface area contributed by atoms with Crippen LogP contribution in [0.1, 0.15) is 31.2 Å². The van der Waals surface area contributed by atoms with Crippen molar-refractivity contribution in [2.75, 3.05) is 20.7 Å². The molecule has 1 heterocycles. The SMILES string of the molecule is COC1CCC(CN)(N(C)Cc2cccnc2)CC1. The van der Waals surface area contributed by atoms with Crippen LogP contribution in [0, 0.1) is 0 Å². The lowest BCUT2D eigenvalue weighted by atomic mass is 9.79. The lowest BCUT2D eigenvalue weighted by Gasteiger charge is -2.45. The van der Waals surface area contributed by atoms with Gasteiger partial charge in [0.2, 0.25) is 0 Å². The Labute approximate surface area is 116 Å². The molecule has 2 N–H and O–H groups in total. The molecule has 1 aliphatic carbocycles. The first-order valence-corrected chi connectivity index (χ1v) is 7.03. The van der Waals surface area contributed by atoms with Gasteiger partial charge in [-0.25, -0.2) is 0 Å². The minimum atomic E-state index is 0.116. The molecule has 1 aromatic heterocycles. The normalized spacial score (nSPS) is 27.7. The second-order valence-electron chi connectivity index (χ2n) is 5.58. The monoisotopic (exact) mass is 263 g/mol. The number of likely N-dealkylation sites (N-methyl/N-ethyl adjacent to an activating group) is 1. The van der Waals surface area contributed by atoms with Crippen molar-refractivity contribution in [2.45, 2.75) is 43.9 Å². The summed E-state index contributed by atoms with van der Waals surface area (Å²) in [5.74, 6) is 0. The summed E-state index contributed by atoms with van der Waals surface area (Å²) in [6.07, 6.45) is 8.58. The Morgan fingerprint density at radius 2 is 2.21 bits per heavy atom. The molecule has 0 bridgehead atoms. The van der Waals surface area contributed by atoms with E-state index in [1.807, 2.05) is 18.5 Å². The van der Waals surface area contributed by atoms with Gasteiger partial charge in [0, 0.05) is 38.1 Å². The van der Waals surface area contributed by atoms with Crippen LogP contribution < -0.4 is 5.73 Å². The van der Waals surface area contributed by atoms with Crippen LogP contribution in [0.5, 0.6) is 0 Å². The van der Waals surface area contributed by atoms with Crippen molar-refractivity contribution in [3.05, 3.63) is 30.1 Å². The van der Waals surface area contributed by atoms with Crippen molar-refractivity contribution in [2.24, 2.45) is 5.73 Å². The van der Waals surface area contributed by atoms with E-state index in [-0.39, 0.29) is 5.54 Å². The summed E-state index contributed by atoms with van der Waals surface area (Å²) in [5, 5.41) is 0. The third-order valence-corrected chi connectivity index (χ3v) is 4.53. The molecule has 106 valence electrons. The summed E-state index contributed by atoms with van der Waals surface area (Å²) in [5.41, 5.74) is 7.44. The predicted octanol–water partition coefficient (Wildman–Crippen LogP) is 1.80. The van der Waals surface area contributed by atoms with Crippen molar-refractivity contribution in [1.82, 2.24) is 9.88 Å². The Morgan fingerprint density at radius 3 is 2.74 bits per heavy atom. The van der Waals surface area contributed by atoms with Gasteiger partial charge in [0.25, 0.3) is 0 Å². The second-order valence-corrected chi connectivity index (χ2v) is 5.58. The zero-order valence-corrected chi connectivity index (χ0v) is 12.0. The highest BCUT2D eigenvalue weighted by Crippen LogP contribution is 2.34. The Kier molecular flexibility index (Phi) is 4.91. The van der Waals surface area contributed by atoms with Gasteiger partial charge in [0.1, 0.15) is 0 Å². The van der Waals surface area contributed by atoms with Crippen molar-refractivity contribution in [3.8, 4) is 0 Å². The minimum absolute atomic E-state index is 0.116. The molecular formula is C15H25N3O. The summed E-state index contributed by atoms with van der Waals surface area (Å²) in [7, 11) is 3.98. The number of hydrogen-bond acceptors (Lipinski definition) is 4. The van der Waals surface area contributed by atoms with Gasteiger partial charge in [-0.2, -0.15) is 0 Å². The van der Waals surface area contributed by atoms with Crippen LogP contribution in [0.25, 0.3) is 0 Å². The molecule has 1 aliphatic rings. The molecule has 4 heteroatoms. The number of pyridine rings is 1. The third kappa shape index (κ3) is 3.32. The van der Waals surface area contributed by atoms with Gasteiger partial charge in [-0.1, -0.05) is 6.07 Å². The number of ether oxygens (including phenoxy) is 1. The van der Waals surface area contributed by atoms with Gasteiger partial charge in [-0.15, -0.1) is 0 Å². The molecule has 1 aromatic rings. The number of nitrogens with zero attached hydrogens (tertiary/aromatic N) is 2. The summed E-state index contributed by atoms with van der Waals surface area (Å²) < 4.78 is 5.46. The fourth-order valence-corrected chi connectivity index (χ4v) is 3.04. The van der Waals surface area contributed by atoms with E-state index < -0.39 is 0 Å². The quantitative estimate of drug-likeness (QED) is 0.880. The molecule has 0 aromatic carbocycles. The zero-order valence-electron chi connectivity index (χ0n) is 12.0. The van der Waals surface area contributed by atoms with E-state index in [1.165, 1.54) is 5.56 Å². The maximum Gasteiger partial charge on any atom is 0.0572 e. The molecule has 4 nitrogen and oxygen atoms in total. The molecule has 0 atom stereocenters. The predicted molar refractivity (Wildman–Crippen MR) is 76.8 cm³/mol. The zero-order chi connectivity index (χ0) is 13.7. The summed E-state index contributed by atoms with van der Waals surface area (Å²) >= 11 is 0. The lowest BCUT2D eigenvalue weighted by molar-refractivity contribution is 0.000473. The number of methoxy groups -OCH3 is 1. The van der Waals surface area contributed by atoms with Crippen LogP contribution in [-0.2, 0) is 11.3 Å². The lowest BCUT2D eigenvalue weighted by Crippen LogP contribution is -2.54. The highest BCUT2D eigenvalue weighted by atomic mass is 16.5. The van der Waals surface area contributed by atoms with E-state index >= 15 is 0 Å². The topological polar surface area (TPSA) is 51.4 Å². The summed E-state index contributed by atoms with van der Waals surface area (Å²) in [6.45, 7) is 1.61. The smallest absolute Gasteiger partial charge is 0.0572 e. The fourth-order valence-electron chi connectivity index (χ4n) is 3.04. The van der Waals surface area contributed by atoms with Crippen LogP contribution in [0.15, 0.2) is 24.5 Å². The Balaban J connectivity index is 2.01. The van der Waals surface area contributed by atoms with E-state index in [4.69, 9.17) is 10.5 Å². The van der Waals surface area contributed by atoms with Crippen LogP contribution in [0.2, 0.25) is 0 Å². The van der Waals surface area contributed by atoms with E-state index in [0.717, 1.165) is 32.2 Å². The average Bonchev–Trinajstić information content (AvgIpc) is 2.48. The van der Waals surface area contributed by atoms with E-state index in [9.17, 15) is 0 Å². The van der Waals surface area contributed by atoms with Crippen LogP contribution >= 0.6 is 0 Å². The molecule has 0 radical (unpaired) electrons. The van der Waals surface area contributed by atoms with Crippen molar-refractivity contribution in [3.63, 3.8) is 0 Å². The van der Waals surface area contributed by atoms with E-state index in [2.05, 4.69) is 23.0 Å². The number of hydrogen-bond donors (Lipinski definition) is 1. The minimum Gasteiger partial charge on any atom is -0.381 e. The highest BCUT2D eigenvalue weighted by molar-refractivity contribution is 5.09. The Bertz CT molecular complexity index is 374.